The highest BCUT2D eigenvalue weighted by atomic mass is 16.2. The minimum atomic E-state index is -0.232. The van der Waals surface area contributed by atoms with Gasteiger partial charge in [0.2, 0.25) is 0 Å². The summed E-state index contributed by atoms with van der Waals surface area (Å²) in [6.45, 7) is 1.91. The van der Waals surface area contributed by atoms with Crippen molar-refractivity contribution in [1.29, 1.82) is 0 Å². The number of anilines is 2. The fraction of sp³-hybridized carbons (Fsp3) is 0.148. The van der Waals surface area contributed by atoms with Gasteiger partial charge >= 0.3 is 6.03 Å². The van der Waals surface area contributed by atoms with E-state index in [2.05, 4.69) is 27.9 Å². The third-order valence-corrected chi connectivity index (χ3v) is 5.89. The molecule has 0 radical (unpaired) electrons. The first-order valence-corrected chi connectivity index (χ1v) is 11.2. The molecule has 0 bridgehead atoms. The van der Waals surface area contributed by atoms with E-state index in [0.717, 1.165) is 12.0 Å². The number of rotatable bonds is 5. The van der Waals surface area contributed by atoms with Crippen LogP contribution in [-0.2, 0) is 19.5 Å². The summed E-state index contributed by atoms with van der Waals surface area (Å²) in [4.78, 5) is 27.1. The zero-order valence-electron chi connectivity index (χ0n) is 18.6. The van der Waals surface area contributed by atoms with Gasteiger partial charge in [-0.25, -0.2) is 4.79 Å². The zero-order chi connectivity index (χ0) is 23.3. The Labute approximate surface area is 198 Å². The van der Waals surface area contributed by atoms with Crippen LogP contribution in [0.3, 0.4) is 0 Å². The first-order chi connectivity index (χ1) is 16.6. The molecule has 1 aliphatic heterocycles. The summed E-state index contributed by atoms with van der Waals surface area (Å²) in [5.41, 5.74) is 5.39. The second kappa shape index (κ2) is 9.62. The van der Waals surface area contributed by atoms with Crippen molar-refractivity contribution in [3.63, 3.8) is 0 Å². The van der Waals surface area contributed by atoms with E-state index in [1.807, 2.05) is 42.5 Å². The Hall–Kier alpha value is -4.39. The van der Waals surface area contributed by atoms with Crippen molar-refractivity contribution in [2.45, 2.75) is 19.5 Å². The average molecular weight is 452 g/mol. The zero-order valence-corrected chi connectivity index (χ0v) is 18.6. The molecular weight excluding hydrogens is 426 g/mol. The number of amides is 3. The molecule has 170 valence electrons. The Morgan fingerprint density at radius 3 is 2.35 bits per heavy atom. The van der Waals surface area contributed by atoms with E-state index in [0.29, 0.717) is 36.6 Å². The Balaban J connectivity index is 1.16. The number of carbonyl (C=O) groups excluding carboxylic acids is 2. The number of hydrogen-bond acceptors (Lipinski definition) is 3. The molecule has 2 heterocycles. The minimum Gasteiger partial charge on any atom is -0.320 e. The van der Waals surface area contributed by atoms with Crippen LogP contribution in [0.25, 0.3) is 0 Å². The smallest absolute Gasteiger partial charge is 0.320 e. The number of aromatic nitrogens is 2. The van der Waals surface area contributed by atoms with Gasteiger partial charge in [0, 0.05) is 30.5 Å². The SMILES string of the molecule is O=C(Nc1cnn(Cc2ccccc2)c1)c1ccc(NC(=O)N2CCc3ccccc3C2)cc1. The molecule has 1 aromatic heterocycles. The molecule has 1 aliphatic rings. The number of nitrogens with one attached hydrogen (secondary N) is 2. The molecule has 5 rings (SSSR count). The van der Waals surface area contributed by atoms with E-state index in [4.69, 9.17) is 0 Å². The van der Waals surface area contributed by atoms with Crippen LogP contribution in [0, 0.1) is 0 Å². The lowest BCUT2D eigenvalue weighted by Crippen LogP contribution is -2.38. The minimum absolute atomic E-state index is 0.141. The van der Waals surface area contributed by atoms with Crippen molar-refractivity contribution in [3.8, 4) is 0 Å². The number of carbonyl (C=O) groups is 2. The van der Waals surface area contributed by atoms with Crippen molar-refractivity contribution < 1.29 is 9.59 Å². The van der Waals surface area contributed by atoms with Crippen molar-refractivity contribution in [2.24, 2.45) is 0 Å². The monoisotopic (exact) mass is 451 g/mol. The van der Waals surface area contributed by atoms with Gasteiger partial charge in [-0.05, 0) is 47.4 Å². The summed E-state index contributed by atoms with van der Waals surface area (Å²) >= 11 is 0. The molecule has 0 spiro atoms. The van der Waals surface area contributed by atoms with Crippen LogP contribution in [0.4, 0.5) is 16.2 Å². The maximum absolute atomic E-state index is 12.7. The first kappa shape index (κ1) is 21.5. The Morgan fingerprint density at radius 2 is 1.56 bits per heavy atom. The fourth-order valence-electron chi connectivity index (χ4n) is 4.06. The van der Waals surface area contributed by atoms with Gasteiger partial charge in [-0.15, -0.1) is 0 Å². The highest BCUT2D eigenvalue weighted by molar-refractivity contribution is 6.04. The molecule has 0 fully saturated rings. The highest BCUT2D eigenvalue weighted by Gasteiger charge is 2.20. The number of fused-ring (bicyclic) bond motifs is 1. The van der Waals surface area contributed by atoms with Crippen LogP contribution >= 0.6 is 0 Å². The number of urea groups is 1. The standard InChI is InChI=1S/C27H25N5O2/c33-26(29-25-16-28-32(19-25)17-20-6-2-1-3-7-20)22-10-12-24(13-11-22)30-27(34)31-15-14-21-8-4-5-9-23(21)18-31/h1-13,16,19H,14-15,17-18H2,(H,29,33)(H,30,34). The summed E-state index contributed by atoms with van der Waals surface area (Å²) in [5.74, 6) is -0.232. The Kier molecular flexibility index (Phi) is 6.07. The summed E-state index contributed by atoms with van der Waals surface area (Å²) in [7, 11) is 0. The topological polar surface area (TPSA) is 79.3 Å². The van der Waals surface area contributed by atoms with Gasteiger partial charge in [0.1, 0.15) is 0 Å². The molecule has 4 aromatic rings. The lowest BCUT2D eigenvalue weighted by Gasteiger charge is -2.29. The summed E-state index contributed by atoms with van der Waals surface area (Å²) in [6, 6.07) is 25.0. The van der Waals surface area contributed by atoms with E-state index in [-0.39, 0.29) is 11.9 Å². The van der Waals surface area contributed by atoms with E-state index in [1.165, 1.54) is 11.1 Å². The Bertz CT molecular complexity index is 1300. The second-order valence-corrected chi connectivity index (χ2v) is 8.31. The maximum Gasteiger partial charge on any atom is 0.322 e. The first-order valence-electron chi connectivity index (χ1n) is 11.2. The molecule has 7 heteroatoms. The van der Waals surface area contributed by atoms with Gasteiger partial charge < -0.3 is 15.5 Å². The quantitative estimate of drug-likeness (QED) is 0.459. The second-order valence-electron chi connectivity index (χ2n) is 8.31. The average Bonchev–Trinajstić information content (AvgIpc) is 3.31. The predicted molar refractivity (Wildman–Crippen MR) is 132 cm³/mol. The highest BCUT2D eigenvalue weighted by Crippen LogP contribution is 2.20. The largest absolute Gasteiger partial charge is 0.322 e. The van der Waals surface area contributed by atoms with Gasteiger partial charge in [0.05, 0.1) is 18.4 Å². The van der Waals surface area contributed by atoms with Crippen LogP contribution in [0.15, 0.2) is 91.3 Å². The molecule has 34 heavy (non-hydrogen) atoms. The molecule has 0 unspecified atom stereocenters. The molecule has 0 aliphatic carbocycles. The van der Waals surface area contributed by atoms with Gasteiger partial charge in [0.15, 0.2) is 0 Å². The van der Waals surface area contributed by atoms with Gasteiger partial charge in [-0.2, -0.15) is 5.10 Å². The van der Waals surface area contributed by atoms with Crippen LogP contribution in [0.1, 0.15) is 27.0 Å². The lowest BCUT2D eigenvalue weighted by atomic mass is 10.0. The summed E-state index contributed by atoms with van der Waals surface area (Å²) < 4.78 is 1.78. The number of benzene rings is 3. The van der Waals surface area contributed by atoms with E-state index in [1.54, 1.807) is 46.2 Å². The predicted octanol–water partition coefficient (Wildman–Crippen LogP) is 4.77. The third-order valence-electron chi connectivity index (χ3n) is 5.89. The Morgan fingerprint density at radius 1 is 0.824 bits per heavy atom. The number of nitrogens with zero attached hydrogens (tertiary/aromatic N) is 3. The fourth-order valence-corrected chi connectivity index (χ4v) is 4.06. The van der Waals surface area contributed by atoms with Crippen molar-refractivity contribution in [2.75, 3.05) is 17.2 Å². The molecule has 2 N–H and O–H groups in total. The van der Waals surface area contributed by atoms with Crippen molar-refractivity contribution >= 4 is 23.3 Å². The normalized spacial score (nSPS) is 12.6. The van der Waals surface area contributed by atoms with Gasteiger partial charge in [0.25, 0.3) is 5.91 Å². The van der Waals surface area contributed by atoms with Gasteiger partial charge in [-0.3, -0.25) is 9.48 Å². The molecule has 3 amide bonds. The van der Waals surface area contributed by atoms with E-state index >= 15 is 0 Å². The maximum atomic E-state index is 12.7. The third kappa shape index (κ3) is 4.99. The van der Waals surface area contributed by atoms with Crippen LogP contribution in [0.5, 0.6) is 0 Å². The molecule has 3 aromatic carbocycles. The van der Waals surface area contributed by atoms with Crippen molar-refractivity contribution in [3.05, 3.63) is 114 Å². The van der Waals surface area contributed by atoms with Crippen LogP contribution < -0.4 is 10.6 Å². The lowest BCUT2D eigenvalue weighted by molar-refractivity contribution is 0.102. The molecule has 7 nitrogen and oxygen atoms in total. The van der Waals surface area contributed by atoms with Crippen molar-refractivity contribution in [1.82, 2.24) is 14.7 Å². The molecule has 0 atom stereocenters. The number of hydrogen-bond donors (Lipinski definition) is 2. The van der Waals surface area contributed by atoms with Gasteiger partial charge in [-0.1, -0.05) is 54.6 Å². The molecular formula is C27H25N5O2. The van der Waals surface area contributed by atoms with E-state index in [9.17, 15) is 9.59 Å². The molecule has 0 saturated heterocycles. The van der Waals surface area contributed by atoms with E-state index < -0.39 is 0 Å². The summed E-state index contributed by atoms with van der Waals surface area (Å²) in [5, 5.41) is 10.1. The molecule has 0 saturated carbocycles. The van der Waals surface area contributed by atoms with Crippen LogP contribution in [0.2, 0.25) is 0 Å². The van der Waals surface area contributed by atoms with Crippen LogP contribution in [-0.4, -0.2) is 33.2 Å². The summed E-state index contributed by atoms with van der Waals surface area (Å²) in [6.07, 6.45) is 4.28.